The van der Waals surface area contributed by atoms with Gasteiger partial charge in [-0.1, -0.05) is 30.3 Å². The molecule has 6 rings (SSSR count). The van der Waals surface area contributed by atoms with Crippen molar-refractivity contribution in [3.05, 3.63) is 95.7 Å². The number of Topliss-reactive ketones (excluding diaryl/α,β-unsaturated/α-hetero) is 1. The number of furan rings is 1. The predicted molar refractivity (Wildman–Crippen MR) is 182 cm³/mol. The summed E-state index contributed by atoms with van der Waals surface area (Å²) in [6.45, 7) is 12.8. The quantitative estimate of drug-likeness (QED) is 0.224. The number of rotatable bonds is 11. The molecule has 1 aromatic heterocycles. The number of hydrogen-bond acceptors (Lipinski definition) is 8. The molecule has 9 heteroatoms. The third kappa shape index (κ3) is 7.16. The third-order valence-corrected chi connectivity index (χ3v) is 9.27. The number of amides is 1. The van der Waals surface area contributed by atoms with Gasteiger partial charge in [-0.3, -0.25) is 24.2 Å². The summed E-state index contributed by atoms with van der Waals surface area (Å²) >= 11 is 0. The largest absolute Gasteiger partial charge is 0.452 e. The summed E-state index contributed by atoms with van der Waals surface area (Å²) in [4.78, 5) is 49.7. The van der Waals surface area contributed by atoms with Gasteiger partial charge in [-0.2, -0.15) is 0 Å². The summed E-state index contributed by atoms with van der Waals surface area (Å²) in [7, 11) is 0. The van der Waals surface area contributed by atoms with Crippen LogP contribution in [0.5, 0.6) is 0 Å². The summed E-state index contributed by atoms with van der Waals surface area (Å²) in [5.41, 5.74) is 4.18. The van der Waals surface area contributed by atoms with Crippen LogP contribution in [-0.2, 0) is 4.79 Å². The van der Waals surface area contributed by atoms with E-state index in [2.05, 4.69) is 39.5 Å². The van der Waals surface area contributed by atoms with E-state index in [0.29, 0.717) is 37.5 Å². The number of hydrogen-bond donors (Lipinski definition) is 0. The fraction of sp³-hybridized carbons (Fsp3) is 0.378. The molecule has 0 bridgehead atoms. The van der Waals surface area contributed by atoms with Gasteiger partial charge in [-0.25, -0.2) is 0 Å². The van der Waals surface area contributed by atoms with E-state index in [1.54, 1.807) is 0 Å². The Morgan fingerprint density at radius 1 is 0.696 bits per heavy atom. The van der Waals surface area contributed by atoms with Crippen molar-refractivity contribution in [1.29, 1.82) is 0 Å². The first-order valence-corrected chi connectivity index (χ1v) is 16.4. The second-order valence-corrected chi connectivity index (χ2v) is 12.1. The molecule has 46 heavy (non-hydrogen) atoms. The van der Waals surface area contributed by atoms with Crippen molar-refractivity contribution in [3.8, 4) is 0 Å². The van der Waals surface area contributed by atoms with Gasteiger partial charge >= 0.3 is 0 Å². The number of ketones is 2. The van der Waals surface area contributed by atoms with Crippen LogP contribution in [0.2, 0.25) is 0 Å². The third-order valence-electron chi connectivity index (χ3n) is 9.27. The van der Waals surface area contributed by atoms with Crippen molar-refractivity contribution in [2.24, 2.45) is 0 Å². The van der Waals surface area contributed by atoms with Gasteiger partial charge in [0, 0.05) is 99.4 Å². The molecule has 0 aliphatic carbocycles. The Hall–Kier alpha value is -4.47. The SMILES string of the molecule is CCN(CC)c1ccc2cc(C(=O)c3ccc(N4CCN(C(=O)CN5CCN(CC(=O)c6ccccc6)CC5)CC4)cc3)oc2c1. The smallest absolute Gasteiger partial charge is 0.236 e. The zero-order valence-electron chi connectivity index (χ0n) is 26.9. The highest BCUT2D eigenvalue weighted by atomic mass is 16.3. The van der Waals surface area contributed by atoms with Crippen molar-refractivity contribution in [2.45, 2.75) is 13.8 Å². The van der Waals surface area contributed by atoms with E-state index >= 15 is 0 Å². The normalized spacial score (nSPS) is 16.1. The highest BCUT2D eigenvalue weighted by molar-refractivity contribution is 6.09. The average Bonchev–Trinajstić information content (AvgIpc) is 3.54. The zero-order valence-corrected chi connectivity index (χ0v) is 26.9. The number of benzene rings is 3. The number of carbonyl (C=O) groups excluding carboxylic acids is 3. The summed E-state index contributed by atoms with van der Waals surface area (Å²) in [5, 5.41) is 0.917. The summed E-state index contributed by atoms with van der Waals surface area (Å²) in [6, 6.07) is 25.0. The molecule has 0 spiro atoms. The Labute approximate surface area is 270 Å². The van der Waals surface area contributed by atoms with Crippen LogP contribution in [0.1, 0.15) is 40.3 Å². The van der Waals surface area contributed by atoms with Gasteiger partial charge in [0.25, 0.3) is 0 Å². The molecule has 0 N–H and O–H groups in total. The molecule has 4 aromatic rings. The fourth-order valence-electron chi connectivity index (χ4n) is 6.41. The minimum atomic E-state index is -0.133. The van der Waals surface area contributed by atoms with Gasteiger partial charge in [0.15, 0.2) is 11.5 Å². The lowest BCUT2D eigenvalue weighted by Crippen LogP contribution is -2.54. The molecule has 0 atom stereocenters. The molecule has 240 valence electrons. The molecular formula is C37H43N5O4. The Morgan fingerprint density at radius 3 is 2.00 bits per heavy atom. The Balaban J connectivity index is 0.964. The van der Waals surface area contributed by atoms with Crippen molar-refractivity contribution >= 4 is 39.8 Å². The predicted octanol–water partition coefficient (Wildman–Crippen LogP) is 4.66. The minimum Gasteiger partial charge on any atom is -0.452 e. The van der Waals surface area contributed by atoms with Gasteiger partial charge in [-0.05, 0) is 56.3 Å². The number of anilines is 2. The molecule has 2 aliphatic rings. The summed E-state index contributed by atoms with van der Waals surface area (Å²) in [6.07, 6.45) is 0. The molecule has 3 aromatic carbocycles. The van der Waals surface area contributed by atoms with Crippen molar-refractivity contribution in [1.82, 2.24) is 14.7 Å². The van der Waals surface area contributed by atoms with Crippen molar-refractivity contribution < 1.29 is 18.8 Å². The van der Waals surface area contributed by atoms with Gasteiger partial charge < -0.3 is 19.1 Å². The standard InChI is InChI=1S/C37H43N5O4/c1-3-40(4-2)32-15-12-30-24-35(46-34(30)25-32)37(45)29-10-13-31(14-11-29)41-20-22-42(23-21-41)36(44)27-39-18-16-38(17-19-39)26-33(43)28-8-6-5-7-9-28/h5-15,24-25H,3-4,16-23,26-27H2,1-2H3. The number of fused-ring (bicyclic) bond motifs is 1. The Kier molecular flexibility index (Phi) is 9.80. The maximum atomic E-state index is 13.3. The minimum absolute atomic E-state index is 0.133. The maximum absolute atomic E-state index is 13.3. The van der Waals surface area contributed by atoms with Crippen LogP contribution in [0.3, 0.4) is 0 Å². The maximum Gasteiger partial charge on any atom is 0.236 e. The topological polar surface area (TPSA) is 80.6 Å². The first kappa shape index (κ1) is 31.5. The highest BCUT2D eigenvalue weighted by Crippen LogP contribution is 2.27. The number of nitrogens with zero attached hydrogens (tertiary/aromatic N) is 5. The molecule has 2 saturated heterocycles. The van der Waals surface area contributed by atoms with E-state index in [0.717, 1.165) is 80.3 Å². The van der Waals surface area contributed by atoms with Crippen LogP contribution in [0, 0.1) is 0 Å². The number of piperazine rings is 2. The van der Waals surface area contributed by atoms with E-state index in [4.69, 9.17) is 4.42 Å². The van der Waals surface area contributed by atoms with Crippen LogP contribution < -0.4 is 9.80 Å². The van der Waals surface area contributed by atoms with Crippen LogP contribution in [0.4, 0.5) is 11.4 Å². The molecule has 3 heterocycles. The van der Waals surface area contributed by atoms with E-state index in [9.17, 15) is 14.4 Å². The second-order valence-electron chi connectivity index (χ2n) is 12.1. The van der Waals surface area contributed by atoms with Gasteiger partial charge in [0.2, 0.25) is 11.7 Å². The average molecular weight is 622 g/mol. The van der Waals surface area contributed by atoms with Crippen LogP contribution in [0.25, 0.3) is 11.0 Å². The molecule has 9 nitrogen and oxygen atoms in total. The lowest BCUT2D eigenvalue weighted by atomic mass is 10.1. The van der Waals surface area contributed by atoms with Crippen molar-refractivity contribution in [2.75, 3.05) is 88.3 Å². The van der Waals surface area contributed by atoms with E-state index in [1.165, 1.54) is 0 Å². The first-order valence-electron chi connectivity index (χ1n) is 16.4. The van der Waals surface area contributed by atoms with Crippen LogP contribution >= 0.6 is 0 Å². The first-order chi connectivity index (χ1) is 22.4. The molecular weight excluding hydrogens is 578 g/mol. The lowest BCUT2D eigenvalue weighted by Gasteiger charge is -2.38. The fourth-order valence-corrected chi connectivity index (χ4v) is 6.41. The summed E-state index contributed by atoms with van der Waals surface area (Å²) in [5.74, 6) is 0.504. The summed E-state index contributed by atoms with van der Waals surface area (Å²) < 4.78 is 5.99. The second kappa shape index (κ2) is 14.3. The van der Waals surface area contributed by atoms with E-state index in [1.807, 2.05) is 77.7 Å². The van der Waals surface area contributed by atoms with Crippen molar-refractivity contribution in [3.63, 3.8) is 0 Å². The Morgan fingerprint density at radius 2 is 1.35 bits per heavy atom. The molecule has 0 unspecified atom stereocenters. The zero-order chi connectivity index (χ0) is 32.0. The lowest BCUT2D eigenvalue weighted by molar-refractivity contribution is -0.133. The molecule has 1 amide bonds. The Bertz CT molecular complexity index is 1650. The monoisotopic (exact) mass is 621 g/mol. The number of carbonyl (C=O) groups is 3. The highest BCUT2D eigenvalue weighted by Gasteiger charge is 2.26. The van der Waals surface area contributed by atoms with Gasteiger partial charge in [0.05, 0.1) is 13.1 Å². The van der Waals surface area contributed by atoms with Gasteiger partial charge in [0.1, 0.15) is 5.58 Å². The molecule has 2 fully saturated rings. The molecule has 0 saturated carbocycles. The van der Waals surface area contributed by atoms with Gasteiger partial charge in [-0.15, -0.1) is 0 Å². The molecule has 2 aliphatic heterocycles. The van der Waals surface area contributed by atoms with Crippen LogP contribution in [0.15, 0.2) is 83.3 Å². The molecule has 0 radical (unpaired) electrons. The van der Waals surface area contributed by atoms with Crippen LogP contribution in [-0.4, -0.2) is 111 Å². The van der Waals surface area contributed by atoms with E-state index in [-0.39, 0.29) is 17.5 Å². The van der Waals surface area contributed by atoms with E-state index < -0.39 is 0 Å².